The molecule has 2 unspecified atom stereocenters. The number of aliphatic hydroxyl groups is 3. The molecule has 0 aromatic heterocycles. The number of rotatable bonds is 6. The molecule has 6 nitrogen and oxygen atoms in total. The molecule has 3 N–H and O–H groups in total. The van der Waals surface area contributed by atoms with Crippen molar-refractivity contribution in [1.82, 2.24) is 0 Å². The summed E-state index contributed by atoms with van der Waals surface area (Å²) in [5.74, 6) is 0. The first-order valence-electron chi connectivity index (χ1n) is 5.36. The van der Waals surface area contributed by atoms with Crippen molar-refractivity contribution in [3.05, 3.63) is 44.8 Å². The van der Waals surface area contributed by atoms with Crippen LogP contribution in [0, 0.1) is 0 Å². The van der Waals surface area contributed by atoms with Crippen LogP contribution in [0.2, 0.25) is 5.02 Å². The lowest BCUT2D eigenvalue weighted by Gasteiger charge is -2.18. The second-order valence-corrected chi connectivity index (χ2v) is 4.17. The van der Waals surface area contributed by atoms with Crippen LogP contribution in [-0.2, 0) is 6.61 Å². The minimum absolute atomic E-state index is 0.106. The summed E-state index contributed by atoms with van der Waals surface area (Å²) in [5, 5.41) is 32.3. The third-order valence-electron chi connectivity index (χ3n) is 2.53. The Morgan fingerprint density at radius 2 is 2.11 bits per heavy atom. The number of hydrogen-bond donors (Lipinski definition) is 3. The molecular weight excluding hydrogens is 258 g/mol. The van der Waals surface area contributed by atoms with E-state index < -0.39 is 12.2 Å². The van der Waals surface area contributed by atoms with Crippen LogP contribution in [0.25, 0.3) is 10.4 Å². The maximum atomic E-state index is 9.89. The molecule has 0 aliphatic rings. The average Bonchev–Trinajstić information content (AvgIpc) is 2.38. The van der Waals surface area contributed by atoms with Gasteiger partial charge < -0.3 is 15.3 Å². The topological polar surface area (TPSA) is 109 Å². The van der Waals surface area contributed by atoms with Gasteiger partial charge in [-0.2, -0.15) is 0 Å². The molecule has 0 heterocycles. The van der Waals surface area contributed by atoms with E-state index >= 15 is 0 Å². The molecule has 1 aromatic carbocycles. The van der Waals surface area contributed by atoms with Crippen LogP contribution >= 0.6 is 11.6 Å². The molecular formula is C11H14ClN3O3. The molecule has 1 aromatic rings. The Bertz CT molecular complexity index is 449. The normalized spacial score (nSPS) is 13.8. The minimum atomic E-state index is -1.11. The maximum absolute atomic E-state index is 9.89. The largest absolute Gasteiger partial charge is 0.392 e. The summed E-state index contributed by atoms with van der Waals surface area (Å²) in [5.41, 5.74) is 9.04. The number of halogens is 1. The zero-order chi connectivity index (χ0) is 13.5. The predicted octanol–water partition coefficient (Wildman–Crippen LogP) is 1.93. The van der Waals surface area contributed by atoms with Crippen molar-refractivity contribution >= 4 is 11.6 Å². The summed E-state index contributed by atoms with van der Waals surface area (Å²) in [6, 6.07) is 4.65. The van der Waals surface area contributed by atoms with Gasteiger partial charge in [-0.15, -0.1) is 0 Å². The molecule has 0 aliphatic carbocycles. The van der Waals surface area contributed by atoms with E-state index in [4.69, 9.17) is 22.2 Å². The predicted molar refractivity (Wildman–Crippen MR) is 67.0 cm³/mol. The fraction of sp³-hybridized carbons (Fsp3) is 0.455. The van der Waals surface area contributed by atoms with E-state index in [9.17, 15) is 10.2 Å². The first-order chi connectivity index (χ1) is 8.60. The molecule has 0 fully saturated rings. The first kappa shape index (κ1) is 14.8. The van der Waals surface area contributed by atoms with Gasteiger partial charge >= 0.3 is 0 Å². The molecule has 98 valence electrons. The van der Waals surface area contributed by atoms with E-state index in [2.05, 4.69) is 10.0 Å². The standard InChI is InChI=1S/C11H14ClN3O3/c12-9-2-1-7(5-8(9)6-16)11(18)10(17)3-4-14-15-13/h1-2,5,10-11,16-18H,3-4,6H2. The Morgan fingerprint density at radius 3 is 2.72 bits per heavy atom. The Hall–Kier alpha value is -1.30. The summed E-state index contributed by atoms with van der Waals surface area (Å²) >= 11 is 5.82. The summed E-state index contributed by atoms with van der Waals surface area (Å²) in [6.07, 6.45) is -1.99. The average molecular weight is 272 g/mol. The Kier molecular flexibility index (Phi) is 5.91. The highest BCUT2D eigenvalue weighted by Gasteiger charge is 2.18. The summed E-state index contributed by atoms with van der Waals surface area (Å²) in [7, 11) is 0. The van der Waals surface area contributed by atoms with Crippen molar-refractivity contribution < 1.29 is 15.3 Å². The van der Waals surface area contributed by atoms with Crippen LogP contribution in [0.3, 0.4) is 0 Å². The van der Waals surface area contributed by atoms with Crippen molar-refractivity contribution in [1.29, 1.82) is 0 Å². The quantitative estimate of drug-likeness (QED) is 0.418. The Labute approximate surface area is 109 Å². The molecule has 0 radical (unpaired) electrons. The fourth-order valence-corrected chi connectivity index (χ4v) is 1.69. The van der Waals surface area contributed by atoms with Crippen LogP contribution in [0.15, 0.2) is 23.3 Å². The highest BCUT2D eigenvalue weighted by Crippen LogP contribution is 2.24. The van der Waals surface area contributed by atoms with E-state index in [0.717, 1.165) is 0 Å². The molecule has 18 heavy (non-hydrogen) atoms. The SMILES string of the molecule is [N-]=[N+]=NCCC(O)C(O)c1ccc(Cl)c(CO)c1. The first-order valence-corrected chi connectivity index (χ1v) is 5.74. The lowest BCUT2D eigenvalue weighted by molar-refractivity contribution is 0.0149. The number of aliphatic hydroxyl groups excluding tert-OH is 3. The van der Waals surface area contributed by atoms with Crippen LogP contribution < -0.4 is 0 Å². The number of azide groups is 1. The van der Waals surface area contributed by atoms with Gasteiger partial charge in [-0.05, 0) is 35.2 Å². The van der Waals surface area contributed by atoms with Gasteiger partial charge in [-0.1, -0.05) is 22.8 Å². The van der Waals surface area contributed by atoms with Crippen molar-refractivity contribution in [2.24, 2.45) is 5.11 Å². The van der Waals surface area contributed by atoms with Crippen molar-refractivity contribution in [2.75, 3.05) is 6.54 Å². The molecule has 0 saturated heterocycles. The monoisotopic (exact) mass is 271 g/mol. The van der Waals surface area contributed by atoms with Crippen LogP contribution in [0.4, 0.5) is 0 Å². The molecule has 0 saturated carbocycles. The molecule has 0 amide bonds. The highest BCUT2D eigenvalue weighted by molar-refractivity contribution is 6.31. The van der Waals surface area contributed by atoms with E-state index in [0.29, 0.717) is 16.1 Å². The van der Waals surface area contributed by atoms with Crippen molar-refractivity contribution in [3.63, 3.8) is 0 Å². The smallest absolute Gasteiger partial charge is 0.105 e. The molecule has 7 heteroatoms. The molecule has 0 bridgehead atoms. The molecule has 2 atom stereocenters. The third kappa shape index (κ3) is 3.87. The number of hydrogen-bond acceptors (Lipinski definition) is 4. The Morgan fingerprint density at radius 1 is 1.39 bits per heavy atom. The lowest BCUT2D eigenvalue weighted by Crippen LogP contribution is -2.19. The van der Waals surface area contributed by atoms with Gasteiger partial charge in [0.2, 0.25) is 0 Å². The maximum Gasteiger partial charge on any atom is 0.105 e. The van der Waals surface area contributed by atoms with E-state index in [1.807, 2.05) is 0 Å². The minimum Gasteiger partial charge on any atom is -0.392 e. The van der Waals surface area contributed by atoms with Crippen LogP contribution in [0.5, 0.6) is 0 Å². The lowest BCUT2D eigenvalue weighted by atomic mass is 10.0. The van der Waals surface area contributed by atoms with Gasteiger partial charge in [-0.25, -0.2) is 0 Å². The van der Waals surface area contributed by atoms with E-state index in [-0.39, 0.29) is 19.6 Å². The van der Waals surface area contributed by atoms with E-state index in [1.165, 1.54) is 6.07 Å². The molecule has 0 aliphatic heterocycles. The summed E-state index contributed by atoms with van der Waals surface area (Å²) < 4.78 is 0. The summed E-state index contributed by atoms with van der Waals surface area (Å²) in [6.45, 7) is -0.136. The van der Waals surface area contributed by atoms with Gasteiger partial charge in [0.1, 0.15) is 6.10 Å². The van der Waals surface area contributed by atoms with E-state index in [1.54, 1.807) is 12.1 Å². The Balaban J connectivity index is 2.76. The second kappa shape index (κ2) is 7.20. The molecule has 0 spiro atoms. The second-order valence-electron chi connectivity index (χ2n) is 3.76. The van der Waals surface area contributed by atoms with Gasteiger partial charge in [0.05, 0.1) is 12.7 Å². The summed E-state index contributed by atoms with van der Waals surface area (Å²) in [4.78, 5) is 2.56. The number of benzene rings is 1. The third-order valence-corrected chi connectivity index (χ3v) is 2.90. The van der Waals surface area contributed by atoms with Gasteiger partial charge in [-0.3, -0.25) is 0 Å². The van der Waals surface area contributed by atoms with Gasteiger partial charge in [0, 0.05) is 16.5 Å². The van der Waals surface area contributed by atoms with Crippen molar-refractivity contribution in [3.8, 4) is 0 Å². The van der Waals surface area contributed by atoms with Crippen LogP contribution in [-0.4, -0.2) is 28.0 Å². The zero-order valence-corrected chi connectivity index (χ0v) is 10.3. The fourth-order valence-electron chi connectivity index (χ4n) is 1.51. The van der Waals surface area contributed by atoms with Gasteiger partial charge in [0.25, 0.3) is 0 Å². The molecule has 1 rings (SSSR count). The van der Waals surface area contributed by atoms with Gasteiger partial charge in [0.15, 0.2) is 0 Å². The number of nitrogens with zero attached hydrogens (tertiary/aromatic N) is 3. The zero-order valence-electron chi connectivity index (χ0n) is 9.57. The van der Waals surface area contributed by atoms with Crippen LogP contribution in [0.1, 0.15) is 23.7 Å². The van der Waals surface area contributed by atoms with Crippen molar-refractivity contribution in [2.45, 2.75) is 25.2 Å². The highest BCUT2D eigenvalue weighted by atomic mass is 35.5.